The Labute approximate surface area is 112 Å². The number of carbonyl (C=O) groups is 1. The van der Waals surface area contributed by atoms with Crippen LogP contribution in [0, 0.1) is 0 Å². The van der Waals surface area contributed by atoms with E-state index in [4.69, 9.17) is 11.6 Å². The highest BCUT2D eigenvalue weighted by molar-refractivity contribution is 7.89. The van der Waals surface area contributed by atoms with Gasteiger partial charge in [-0.2, -0.15) is 0 Å². The second-order valence-corrected chi connectivity index (χ2v) is 6.16. The molecule has 0 aliphatic heterocycles. The average Bonchev–Trinajstić information content (AvgIpc) is 2.32. The molecular weight excluding hydrogens is 276 g/mol. The maximum Gasteiger partial charge on any atom is 0.224 e. The molecule has 0 saturated heterocycles. The summed E-state index contributed by atoms with van der Waals surface area (Å²) in [5.41, 5.74) is 0.827. The Hall–Kier alpha value is -1.11. The summed E-state index contributed by atoms with van der Waals surface area (Å²) in [5, 5.41) is 3.16. The van der Waals surface area contributed by atoms with Crippen LogP contribution in [0.15, 0.2) is 24.3 Å². The third-order valence-corrected chi connectivity index (χ3v) is 3.90. The molecule has 0 aliphatic rings. The summed E-state index contributed by atoms with van der Waals surface area (Å²) < 4.78 is 24.4. The van der Waals surface area contributed by atoms with Gasteiger partial charge < -0.3 is 5.32 Å². The summed E-state index contributed by atoms with van der Waals surface area (Å²) in [4.78, 5) is 11.5. The Morgan fingerprint density at radius 2 is 1.89 bits per heavy atom. The number of hydrogen-bond donors (Lipinski definition) is 2. The highest BCUT2D eigenvalue weighted by Crippen LogP contribution is 2.09. The van der Waals surface area contributed by atoms with E-state index < -0.39 is 10.0 Å². The van der Waals surface area contributed by atoms with E-state index in [1.807, 2.05) is 0 Å². The zero-order chi connectivity index (χ0) is 13.6. The van der Waals surface area contributed by atoms with Crippen LogP contribution in [0.2, 0.25) is 5.02 Å². The first kappa shape index (κ1) is 14.9. The van der Waals surface area contributed by atoms with E-state index in [-0.39, 0.29) is 24.6 Å². The summed E-state index contributed by atoms with van der Waals surface area (Å²) in [6.07, 6.45) is 0.205. The first-order valence-electron chi connectivity index (χ1n) is 5.35. The van der Waals surface area contributed by atoms with Gasteiger partial charge in [-0.3, -0.25) is 4.79 Å². The zero-order valence-electron chi connectivity index (χ0n) is 9.94. The third-order valence-electron chi connectivity index (χ3n) is 2.28. The van der Waals surface area contributed by atoms with E-state index in [2.05, 4.69) is 10.0 Å². The van der Waals surface area contributed by atoms with Gasteiger partial charge >= 0.3 is 0 Å². The lowest BCUT2D eigenvalue weighted by Gasteiger charge is -2.05. The van der Waals surface area contributed by atoms with Crippen molar-refractivity contribution >= 4 is 27.5 Å². The minimum Gasteiger partial charge on any atom is -0.355 e. The molecule has 1 aromatic carbocycles. The summed E-state index contributed by atoms with van der Waals surface area (Å²) in [6.45, 7) is 0.0929. The highest BCUT2D eigenvalue weighted by atomic mass is 35.5. The number of carbonyl (C=O) groups excluding carboxylic acids is 1. The summed E-state index contributed by atoms with van der Waals surface area (Å²) >= 11 is 5.72. The maximum atomic E-state index is 11.5. The topological polar surface area (TPSA) is 75.3 Å². The number of sulfonamides is 1. The van der Waals surface area contributed by atoms with Gasteiger partial charge in [0.1, 0.15) is 0 Å². The maximum absolute atomic E-state index is 11.5. The molecule has 0 spiro atoms. The first-order chi connectivity index (χ1) is 8.43. The fourth-order valence-electron chi connectivity index (χ4n) is 1.28. The van der Waals surface area contributed by atoms with Crippen molar-refractivity contribution in [3.8, 4) is 0 Å². The van der Waals surface area contributed by atoms with Crippen LogP contribution in [-0.2, 0) is 21.2 Å². The van der Waals surface area contributed by atoms with E-state index in [1.54, 1.807) is 24.3 Å². The van der Waals surface area contributed by atoms with Crippen LogP contribution in [-0.4, -0.2) is 33.7 Å². The molecule has 0 aliphatic carbocycles. The van der Waals surface area contributed by atoms with E-state index in [0.717, 1.165) is 5.56 Å². The van der Waals surface area contributed by atoms with Gasteiger partial charge in [0.2, 0.25) is 15.9 Å². The minimum atomic E-state index is -3.28. The van der Waals surface area contributed by atoms with Gasteiger partial charge in [-0.05, 0) is 24.7 Å². The molecule has 0 fully saturated rings. The quantitative estimate of drug-likeness (QED) is 0.803. The molecule has 18 heavy (non-hydrogen) atoms. The Balaban J connectivity index is 2.36. The van der Waals surface area contributed by atoms with E-state index >= 15 is 0 Å². The van der Waals surface area contributed by atoms with Crippen LogP contribution in [0.3, 0.4) is 0 Å². The summed E-state index contributed by atoms with van der Waals surface area (Å²) in [5.74, 6) is -0.348. The number of nitrogens with one attached hydrogen (secondary N) is 2. The predicted molar refractivity (Wildman–Crippen MR) is 71.0 cm³/mol. The highest BCUT2D eigenvalue weighted by Gasteiger charge is 2.08. The minimum absolute atomic E-state index is 0.0929. The van der Waals surface area contributed by atoms with Gasteiger partial charge in [0.25, 0.3) is 0 Å². The third kappa shape index (κ3) is 5.48. The SMILES string of the molecule is CNS(=O)(=O)CCNC(=O)Cc1ccc(Cl)cc1. The lowest BCUT2D eigenvalue weighted by atomic mass is 10.1. The average molecular weight is 291 g/mol. The number of rotatable bonds is 6. The molecule has 0 aromatic heterocycles. The first-order valence-corrected chi connectivity index (χ1v) is 7.38. The predicted octanol–water partition coefficient (Wildman–Crippen LogP) is 0.548. The molecule has 1 aromatic rings. The van der Waals surface area contributed by atoms with Gasteiger partial charge in [0.15, 0.2) is 0 Å². The summed E-state index contributed by atoms with van der Waals surface area (Å²) in [6, 6.07) is 6.92. The Morgan fingerprint density at radius 3 is 2.44 bits per heavy atom. The van der Waals surface area contributed by atoms with Crippen molar-refractivity contribution < 1.29 is 13.2 Å². The fraction of sp³-hybridized carbons (Fsp3) is 0.364. The van der Waals surface area contributed by atoms with Crippen LogP contribution >= 0.6 is 11.6 Å². The molecule has 1 rings (SSSR count). The molecule has 0 unspecified atom stereocenters. The molecule has 0 radical (unpaired) electrons. The number of amides is 1. The van der Waals surface area contributed by atoms with Crippen molar-refractivity contribution in [2.75, 3.05) is 19.3 Å². The second-order valence-electron chi connectivity index (χ2n) is 3.68. The van der Waals surface area contributed by atoms with Crippen molar-refractivity contribution in [3.05, 3.63) is 34.9 Å². The molecule has 7 heteroatoms. The van der Waals surface area contributed by atoms with Crippen LogP contribution < -0.4 is 10.0 Å². The van der Waals surface area contributed by atoms with Gasteiger partial charge in [0, 0.05) is 11.6 Å². The van der Waals surface area contributed by atoms with Gasteiger partial charge in [-0.15, -0.1) is 0 Å². The smallest absolute Gasteiger partial charge is 0.224 e. The fourth-order valence-corrected chi connectivity index (χ4v) is 1.98. The van der Waals surface area contributed by atoms with Gasteiger partial charge in [0.05, 0.1) is 12.2 Å². The van der Waals surface area contributed by atoms with E-state index in [9.17, 15) is 13.2 Å². The van der Waals surface area contributed by atoms with Crippen LogP contribution in [0.1, 0.15) is 5.56 Å². The van der Waals surface area contributed by atoms with Crippen LogP contribution in [0.4, 0.5) is 0 Å². The zero-order valence-corrected chi connectivity index (χ0v) is 11.5. The monoisotopic (exact) mass is 290 g/mol. The molecule has 0 heterocycles. The number of hydrogen-bond acceptors (Lipinski definition) is 3. The normalized spacial score (nSPS) is 11.2. The lowest BCUT2D eigenvalue weighted by molar-refractivity contribution is -0.120. The Bertz CT molecular complexity index is 500. The van der Waals surface area contributed by atoms with Crippen LogP contribution in [0.5, 0.6) is 0 Å². The van der Waals surface area contributed by atoms with Gasteiger partial charge in [-0.25, -0.2) is 13.1 Å². The van der Waals surface area contributed by atoms with E-state index in [0.29, 0.717) is 5.02 Å². The standard InChI is InChI=1S/C11H15ClN2O3S/c1-13-18(16,17)7-6-14-11(15)8-9-2-4-10(12)5-3-9/h2-5,13H,6-8H2,1H3,(H,14,15). The number of halogens is 1. The van der Waals surface area contributed by atoms with Crippen LogP contribution in [0.25, 0.3) is 0 Å². The molecule has 0 bridgehead atoms. The Kier molecular flexibility index (Phi) is 5.58. The summed E-state index contributed by atoms with van der Waals surface area (Å²) in [7, 11) is -1.94. The van der Waals surface area contributed by atoms with Crippen molar-refractivity contribution in [2.24, 2.45) is 0 Å². The molecule has 100 valence electrons. The van der Waals surface area contributed by atoms with Crippen molar-refractivity contribution in [1.82, 2.24) is 10.0 Å². The lowest BCUT2D eigenvalue weighted by Crippen LogP contribution is -2.33. The largest absolute Gasteiger partial charge is 0.355 e. The molecule has 1 amide bonds. The number of benzene rings is 1. The Morgan fingerprint density at radius 1 is 1.28 bits per heavy atom. The molecular formula is C11H15ClN2O3S. The van der Waals surface area contributed by atoms with Crippen molar-refractivity contribution in [2.45, 2.75) is 6.42 Å². The van der Waals surface area contributed by atoms with Crippen molar-refractivity contribution in [3.63, 3.8) is 0 Å². The van der Waals surface area contributed by atoms with Gasteiger partial charge in [-0.1, -0.05) is 23.7 Å². The molecule has 5 nitrogen and oxygen atoms in total. The van der Waals surface area contributed by atoms with Crippen molar-refractivity contribution in [1.29, 1.82) is 0 Å². The second kappa shape index (κ2) is 6.72. The molecule has 2 N–H and O–H groups in total. The molecule has 0 saturated carbocycles. The molecule has 0 atom stereocenters. The van der Waals surface area contributed by atoms with E-state index in [1.165, 1.54) is 7.05 Å².